The van der Waals surface area contributed by atoms with E-state index in [9.17, 15) is 8.42 Å². The van der Waals surface area contributed by atoms with Gasteiger partial charge < -0.3 is 0 Å². The van der Waals surface area contributed by atoms with Gasteiger partial charge in [-0.15, -0.1) is 11.3 Å². The van der Waals surface area contributed by atoms with Gasteiger partial charge in [-0.05, 0) is 27.7 Å². The van der Waals surface area contributed by atoms with Crippen molar-refractivity contribution in [3.05, 3.63) is 16.1 Å². The first kappa shape index (κ1) is 12.6. The van der Waals surface area contributed by atoms with Crippen molar-refractivity contribution < 1.29 is 8.42 Å². The van der Waals surface area contributed by atoms with Crippen LogP contribution >= 0.6 is 11.3 Å². The second-order valence-electron chi connectivity index (χ2n) is 4.47. The fourth-order valence-corrected chi connectivity index (χ4v) is 3.43. The van der Waals surface area contributed by atoms with Crippen molar-refractivity contribution in [2.24, 2.45) is 0 Å². The summed E-state index contributed by atoms with van der Waals surface area (Å²) in [5, 5.41) is 2.66. The van der Waals surface area contributed by atoms with Gasteiger partial charge in [-0.2, -0.15) is 0 Å². The molecule has 0 atom stereocenters. The first-order valence-corrected chi connectivity index (χ1v) is 7.14. The van der Waals surface area contributed by atoms with Gasteiger partial charge >= 0.3 is 0 Å². The van der Waals surface area contributed by atoms with Crippen molar-refractivity contribution in [3.63, 3.8) is 0 Å². The molecule has 1 rings (SSSR count). The SMILES string of the molecule is Cc1nc(CS(=O)(=O)NC(C)(C)C)cs1. The van der Waals surface area contributed by atoms with Gasteiger partial charge in [0, 0.05) is 10.9 Å². The van der Waals surface area contributed by atoms with Gasteiger partial charge in [0.05, 0.1) is 10.7 Å². The average Bonchev–Trinajstić information content (AvgIpc) is 2.27. The first-order valence-electron chi connectivity index (χ1n) is 4.61. The largest absolute Gasteiger partial charge is 0.245 e. The minimum Gasteiger partial charge on any atom is -0.245 e. The summed E-state index contributed by atoms with van der Waals surface area (Å²) >= 11 is 1.46. The van der Waals surface area contributed by atoms with Crippen LogP contribution in [0.25, 0.3) is 0 Å². The van der Waals surface area contributed by atoms with E-state index < -0.39 is 15.6 Å². The number of rotatable bonds is 3. The van der Waals surface area contributed by atoms with Crippen LogP contribution in [0.5, 0.6) is 0 Å². The zero-order valence-corrected chi connectivity index (χ0v) is 11.0. The van der Waals surface area contributed by atoms with Crippen LogP contribution in [0.2, 0.25) is 0 Å². The maximum Gasteiger partial charge on any atom is 0.217 e. The monoisotopic (exact) mass is 248 g/mol. The number of aromatic nitrogens is 1. The molecule has 0 aliphatic rings. The molecule has 0 radical (unpaired) electrons. The lowest BCUT2D eigenvalue weighted by atomic mass is 10.1. The second-order valence-corrected chi connectivity index (χ2v) is 7.25. The zero-order valence-electron chi connectivity index (χ0n) is 9.36. The van der Waals surface area contributed by atoms with E-state index in [-0.39, 0.29) is 5.75 Å². The van der Waals surface area contributed by atoms with Crippen LogP contribution in [0.3, 0.4) is 0 Å². The van der Waals surface area contributed by atoms with Crippen LogP contribution in [-0.4, -0.2) is 18.9 Å². The number of hydrogen-bond donors (Lipinski definition) is 1. The number of hydrogen-bond acceptors (Lipinski definition) is 4. The van der Waals surface area contributed by atoms with Crippen molar-refractivity contribution in [2.75, 3.05) is 0 Å². The molecule has 0 saturated carbocycles. The molecule has 15 heavy (non-hydrogen) atoms. The normalized spacial score (nSPS) is 13.1. The summed E-state index contributed by atoms with van der Waals surface area (Å²) < 4.78 is 25.9. The predicted octanol–water partition coefficient (Wildman–Crippen LogP) is 1.67. The van der Waals surface area contributed by atoms with Gasteiger partial charge in [0.25, 0.3) is 0 Å². The topological polar surface area (TPSA) is 59.1 Å². The van der Waals surface area contributed by atoms with Gasteiger partial charge in [-0.3, -0.25) is 0 Å². The number of aryl methyl sites for hydroxylation is 1. The number of nitrogens with zero attached hydrogens (tertiary/aromatic N) is 1. The van der Waals surface area contributed by atoms with E-state index in [1.807, 2.05) is 27.7 Å². The number of nitrogens with one attached hydrogen (secondary N) is 1. The van der Waals surface area contributed by atoms with Gasteiger partial charge in [0.2, 0.25) is 10.0 Å². The maximum absolute atomic E-state index is 11.7. The molecule has 1 aromatic heterocycles. The lowest BCUT2D eigenvalue weighted by Crippen LogP contribution is -2.41. The highest BCUT2D eigenvalue weighted by atomic mass is 32.2. The standard InChI is InChI=1S/C9H16N2O2S2/c1-7-10-8(5-14-7)6-15(12,13)11-9(2,3)4/h5,11H,6H2,1-4H3. The van der Waals surface area contributed by atoms with E-state index in [1.54, 1.807) is 5.38 Å². The van der Waals surface area contributed by atoms with Gasteiger partial charge in [0.15, 0.2) is 0 Å². The Kier molecular flexibility index (Phi) is 3.52. The summed E-state index contributed by atoms with van der Waals surface area (Å²) in [6.45, 7) is 7.31. The molecule has 0 unspecified atom stereocenters. The summed E-state index contributed by atoms with van der Waals surface area (Å²) in [4.78, 5) is 4.13. The third-order valence-electron chi connectivity index (χ3n) is 1.47. The molecule has 1 aromatic rings. The fraction of sp³-hybridized carbons (Fsp3) is 0.667. The Balaban J connectivity index is 2.73. The molecule has 1 heterocycles. The van der Waals surface area contributed by atoms with Gasteiger partial charge in [-0.1, -0.05) is 0 Å². The molecular formula is C9H16N2O2S2. The molecule has 0 saturated heterocycles. The molecular weight excluding hydrogens is 232 g/mol. The van der Waals surface area contributed by atoms with Crippen molar-refractivity contribution in [1.82, 2.24) is 9.71 Å². The van der Waals surface area contributed by atoms with Gasteiger partial charge in [-0.25, -0.2) is 18.1 Å². The summed E-state index contributed by atoms with van der Waals surface area (Å²) in [7, 11) is -3.28. The van der Waals surface area contributed by atoms with E-state index in [0.717, 1.165) is 5.01 Å². The van der Waals surface area contributed by atoms with E-state index in [4.69, 9.17) is 0 Å². The highest BCUT2D eigenvalue weighted by Crippen LogP contribution is 2.12. The maximum atomic E-state index is 11.7. The highest BCUT2D eigenvalue weighted by molar-refractivity contribution is 7.88. The van der Waals surface area contributed by atoms with Crippen molar-refractivity contribution in [3.8, 4) is 0 Å². The smallest absolute Gasteiger partial charge is 0.217 e. The van der Waals surface area contributed by atoms with Crippen LogP contribution in [-0.2, 0) is 15.8 Å². The molecule has 0 aliphatic heterocycles. The summed E-state index contributed by atoms with van der Waals surface area (Å²) in [5.74, 6) is -0.0470. The van der Waals surface area contributed by atoms with Crippen LogP contribution in [0.1, 0.15) is 31.5 Å². The Labute approximate surface area is 94.8 Å². The van der Waals surface area contributed by atoms with E-state index in [1.165, 1.54) is 11.3 Å². The molecule has 86 valence electrons. The van der Waals surface area contributed by atoms with E-state index >= 15 is 0 Å². The van der Waals surface area contributed by atoms with E-state index in [2.05, 4.69) is 9.71 Å². The molecule has 0 aliphatic carbocycles. The van der Waals surface area contributed by atoms with Crippen molar-refractivity contribution in [1.29, 1.82) is 0 Å². The number of sulfonamides is 1. The lowest BCUT2D eigenvalue weighted by molar-refractivity contribution is 0.491. The third kappa shape index (κ3) is 4.72. The fourth-order valence-electron chi connectivity index (χ4n) is 1.17. The molecule has 1 N–H and O–H groups in total. The second kappa shape index (κ2) is 4.19. The summed E-state index contributed by atoms with van der Waals surface area (Å²) in [6, 6.07) is 0. The molecule has 6 heteroatoms. The minimum atomic E-state index is -3.28. The Morgan fingerprint density at radius 1 is 1.47 bits per heavy atom. The highest BCUT2D eigenvalue weighted by Gasteiger charge is 2.21. The Bertz CT molecular complexity index is 429. The van der Waals surface area contributed by atoms with Crippen LogP contribution in [0, 0.1) is 6.92 Å². The van der Waals surface area contributed by atoms with Gasteiger partial charge in [0.1, 0.15) is 5.75 Å². The van der Waals surface area contributed by atoms with Crippen LogP contribution in [0.15, 0.2) is 5.38 Å². The zero-order chi connectivity index (χ0) is 11.7. The Morgan fingerprint density at radius 2 is 2.07 bits per heavy atom. The van der Waals surface area contributed by atoms with E-state index in [0.29, 0.717) is 5.69 Å². The third-order valence-corrected chi connectivity index (χ3v) is 3.89. The summed E-state index contributed by atoms with van der Waals surface area (Å²) in [6.07, 6.45) is 0. The Morgan fingerprint density at radius 3 is 2.47 bits per heavy atom. The lowest BCUT2D eigenvalue weighted by Gasteiger charge is -2.19. The molecule has 0 spiro atoms. The summed E-state index contributed by atoms with van der Waals surface area (Å²) in [5.41, 5.74) is 0.165. The van der Waals surface area contributed by atoms with Crippen LogP contribution in [0.4, 0.5) is 0 Å². The molecule has 0 amide bonds. The molecule has 0 aromatic carbocycles. The molecule has 0 bridgehead atoms. The predicted molar refractivity (Wildman–Crippen MR) is 62.4 cm³/mol. The quantitative estimate of drug-likeness (QED) is 0.885. The molecule has 4 nitrogen and oxygen atoms in total. The Hall–Kier alpha value is -0.460. The molecule has 0 fully saturated rings. The van der Waals surface area contributed by atoms with Crippen molar-refractivity contribution in [2.45, 2.75) is 39.0 Å². The average molecular weight is 248 g/mol. The number of thiazole rings is 1. The minimum absolute atomic E-state index is 0.0470. The van der Waals surface area contributed by atoms with Crippen LogP contribution < -0.4 is 4.72 Å². The first-order chi connectivity index (χ1) is 6.68. The van der Waals surface area contributed by atoms with Crippen molar-refractivity contribution >= 4 is 21.4 Å².